The third-order valence-corrected chi connectivity index (χ3v) is 3.94. The molecule has 1 saturated heterocycles. The normalized spacial score (nSPS) is 22.0. The highest BCUT2D eigenvalue weighted by atomic mass is 16.4. The van der Waals surface area contributed by atoms with Crippen molar-refractivity contribution in [3.63, 3.8) is 0 Å². The molecule has 0 radical (unpaired) electrons. The number of carboxylic acids is 1. The summed E-state index contributed by atoms with van der Waals surface area (Å²) < 4.78 is 0. The number of carbonyl (C=O) groups is 3. The molecule has 118 valence electrons. The van der Waals surface area contributed by atoms with E-state index < -0.39 is 5.97 Å². The molecule has 1 heterocycles. The maximum absolute atomic E-state index is 12.1. The summed E-state index contributed by atoms with van der Waals surface area (Å²) in [5.41, 5.74) is 0. The van der Waals surface area contributed by atoms with Gasteiger partial charge in [0, 0.05) is 26.1 Å². The minimum Gasteiger partial charge on any atom is -0.481 e. The number of hydrogen-bond donors (Lipinski definition) is 2. The van der Waals surface area contributed by atoms with E-state index in [0.29, 0.717) is 12.6 Å². The van der Waals surface area contributed by atoms with Crippen molar-refractivity contribution < 1.29 is 19.5 Å². The summed E-state index contributed by atoms with van der Waals surface area (Å²) in [4.78, 5) is 37.8. The van der Waals surface area contributed by atoms with E-state index in [4.69, 9.17) is 5.11 Å². The topological polar surface area (TPSA) is 90.0 Å². The van der Waals surface area contributed by atoms with Gasteiger partial charge in [-0.15, -0.1) is 0 Å². The maximum atomic E-state index is 12.1. The first-order valence-corrected chi connectivity index (χ1v) is 7.41. The molecule has 2 aliphatic rings. The van der Waals surface area contributed by atoms with E-state index in [2.05, 4.69) is 5.32 Å². The Balaban J connectivity index is 1.68. The Morgan fingerprint density at radius 3 is 2.62 bits per heavy atom. The van der Waals surface area contributed by atoms with Gasteiger partial charge in [-0.25, -0.2) is 0 Å². The standard InChI is InChI=1S/C14H23N3O4/c1-16(8-12(18)15-11-2-3-11)13(19)9-17-5-4-10(7-17)6-14(20)21/h10-11H,2-9H2,1H3,(H,15,18)(H,20,21). The number of carboxylic acid groups (broad SMARTS) is 1. The Morgan fingerprint density at radius 1 is 1.29 bits per heavy atom. The molecule has 7 heteroatoms. The second-order valence-corrected chi connectivity index (χ2v) is 6.08. The van der Waals surface area contributed by atoms with E-state index in [1.807, 2.05) is 4.90 Å². The molecule has 21 heavy (non-hydrogen) atoms. The van der Waals surface area contributed by atoms with E-state index in [1.54, 1.807) is 7.05 Å². The molecule has 2 rings (SSSR count). The summed E-state index contributed by atoms with van der Waals surface area (Å²) in [5.74, 6) is -0.878. The third kappa shape index (κ3) is 5.34. The molecule has 0 aromatic rings. The molecule has 1 aliphatic heterocycles. The van der Waals surface area contributed by atoms with Crippen LogP contribution in [0.3, 0.4) is 0 Å². The van der Waals surface area contributed by atoms with Crippen molar-refractivity contribution in [3.05, 3.63) is 0 Å². The van der Waals surface area contributed by atoms with Crippen LogP contribution in [0.1, 0.15) is 25.7 Å². The summed E-state index contributed by atoms with van der Waals surface area (Å²) >= 11 is 0. The predicted octanol–water partition coefficient (Wildman–Crippen LogP) is -0.480. The van der Waals surface area contributed by atoms with Crippen molar-refractivity contribution in [1.29, 1.82) is 0 Å². The van der Waals surface area contributed by atoms with Gasteiger partial charge in [0.25, 0.3) is 0 Å². The van der Waals surface area contributed by atoms with Crippen LogP contribution in [0.25, 0.3) is 0 Å². The molecule has 0 aromatic carbocycles. The Hall–Kier alpha value is -1.63. The zero-order valence-corrected chi connectivity index (χ0v) is 12.4. The quantitative estimate of drug-likeness (QED) is 0.662. The molecule has 0 bridgehead atoms. The average molecular weight is 297 g/mol. The number of amides is 2. The highest BCUT2D eigenvalue weighted by Gasteiger charge is 2.28. The fraction of sp³-hybridized carbons (Fsp3) is 0.786. The van der Waals surface area contributed by atoms with Crippen molar-refractivity contribution in [3.8, 4) is 0 Å². The number of likely N-dealkylation sites (N-methyl/N-ethyl adjacent to an activating group) is 1. The largest absolute Gasteiger partial charge is 0.481 e. The highest BCUT2D eigenvalue weighted by Crippen LogP contribution is 2.19. The molecular weight excluding hydrogens is 274 g/mol. The summed E-state index contributed by atoms with van der Waals surface area (Å²) in [5, 5.41) is 11.6. The van der Waals surface area contributed by atoms with Crippen LogP contribution in [0.4, 0.5) is 0 Å². The van der Waals surface area contributed by atoms with Gasteiger partial charge in [0.2, 0.25) is 11.8 Å². The average Bonchev–Trinajstić information content (AvgIpc) is 3.08. The van der Waals surface area contributed by atoms with Gasteiger partial charge < -0.3 is 15.3 Å². The van der Waals surface area contributed by atoms with Crippen molar-refractivity contribution in [2.45, 2.75) is 31.7 Å². The summed E-state index contributed by atoms with van der Waals surface area (Å²) in [6.45, 7) is 1.72. The van der Waals surface area contributed by atoms with E-state index in [1.165, 1.54) is 4.90 Å². The first-order chi connectivity index (χ1) is 9.94. The molecule has 2 amide bonds. The number of carbonyl (C=O) groups excluding carboxylic acids is 2. The second-order valence-electron chi connectivity index (χ2n) is 6.08. The Morgan fingerprint density at radius 2 is 2.00 bits per heavy atom. The monoisotopic (exact) mass is 297 g/mol. The van der Waals surface area contributed by atoms with E-state index in [-0.39, 0.29) is 37.2 Å². The van der Waals surface area contributed by atoms with Gasteiger partial charge in [-0.3, -0.25) is 19.3 Å². The zero-order valence-electron chi connectivity index (χ0n) is 12.4. The van der Waals surface area contributed by atoms with Crippen LogP contribution in [0.15, 0.2) is 0 Å². The molecule has 1 unspecified atom stereocenters. The van der Waals surface area contributed by atoms with Gasteiger partial charge in [0.1, 0.15) is 0 Å². The van der Waals surface area contributed by atoms with Crippen LogP contribution < -0.4 is 5.32 Å². The van der Waals surface area contributed by atoms with Gasteiger partial charge in [-0.05, 0) is 31.7 Å². The highest BCUT2D eigenvalue weighted by molar-refractivity contribution is 5.85. The fourth-order valence-corrected chi connectivity index (χ4v) is 2.59. The van der Waals surface area contributed by atoms with E-state index in [0.717, 1.165) is 25.8 Å². The van der Waals surface area contributed by atoms with E-state index in [9.17, 15) is 14.4 Å². The predicted molar refractivity (Wildman–Crippen MR) is 75.6 cm³/mol. The molecule has 7 nitrogen and oxygen atoms in total. The lowest BCUT2D eigenvalue weighted by molar-refractivity contribution is -0.138. The number of nitrogens with zero attached hydrogens (tertiary/aromatic N) is 2. The molecular formula is C14H23N3O4. The van der Waals surface area contributed by atoms with Crippen molar-refractivity contribution in [2.75, 3.05) is 33.2 Å². The van der Waals surface area contributed by atoms with Crippen molar-refractivity contribution >= 4 is 17.8 Å². The van der Waals surface area contributed by atoms with Crippen LogP contribution in [-0.4, -0.2) is 72.0 Å². The molecule has 1 aliphatic carbocycles. The Bertz CT molecular complexity index is 422. The van der Waals surface area contributed by atoms with Crippen molar-refractivity contribution in [2.24, 2.45) is 5.92 Å². The number of likely N-dealkylation sites (tertiary alicyclic amines) is 1. The van der Waals surface area contributed by atoms with Gasteiger partial charge in [0.05, 0.1) is 13.1 Å². The van der Waals surface area contributed by atoms with Gasteiger partial charge in [-0.2, -0.15) is 0 Å². The lowest BCUT2D eigenvalue weighted by Gasteiger charge is -2.21. The first kappa shape index (κ1) is 15.8. The lowest BCUT2D eigenvalue weighted by Crippen LogP contribution is -2.43. The number of aliphatic carboxylic acids is 1. The Labute approximate surface area is 124 Å². The van der Waals surface area contributed by atoms with Crippen LogP contribution in [0, 0.1) is 5.92 Å². The van der Waals surface area contributed by atoms with Crippen molar-refractivity contribution in [1.82, 2.24) is 15.1 Å². The minimum absolute atomic E-state index is 0.0850. The molecule has 1 saturated carbocycles. The van der Waals surface area contributed by atoms with Crippen LogP contribution in [-0.2, 0) is 14.4 Å². The molecule has 0 spiro atoms. The van der Waals surface area contributed by atoms with Crippen LogP contribution in [0.5, 0.6) is 0 Å². The summed E-state index contributed by atoms with van der Waals surface area (Å²) in [6, 6.07) is 0.302. The Kier molecular flexibility index (Phi) is 5.17. The minimum atomic E-state index is -0.790. The molecule has 1 atom stereocenters. The maximum Gasteiger partial charge on any atom is 0.303 e. The smallest absolute Gasteiger partial charge is 0.303 e. The molecule has 2 fully saturated rings. The fourth-order valence-electron chi connectivity index (χ4n) is 2.59. The summed E-state index contributed by atoms with van der Waals surface area (Å²) in [6.07, 6.45) is 3.03. The zero-order chi connectivity index (χ0) is 15.4. The van der Waals surface area contributed by atoms with E-state index >= 15 is 0 Å². The number of rotatable bonds is 7. The molecule has 2 N–H and O–H groups in total. The molecule has 0 aromatic heterocycles. The van der Waals surface area contributed by atoms with Gasteiger partial charge >= 0.3 is 5.97 Å². The summed E-state index contributed by atoms with van der Waals surface area (Å²) in [7, 11) is 1.62. The van der Waals surface area contributed by atoms with Gasteiger partial charge in [-0.1, -0.05) is 0 Å². The third-order valence-electron chi connectivity index (χ3n) is 3.94. The van der Waals surface area contributed by atoms with Gasteiger partial charge in [0.15, 0.2) is 0 Å². The first-order valence-electron chi connectivity index (χ1n) is 7.41. The van der Waals surface area contributed by atoms with Crippen LogP contribution in [0.2, 0.25) is 0 Å². The van der Waals surface area contributed by atoms with Crippen LogP contribution >= 0.6 is 0 Å². The number of nitrogens with one attached hydrogen (secondary N) is 1. The lowest BCUT2D eigenvalue weighted by atomic mass is 10.1. The second kappa shape index (κ2) is 6.89. The SMILES string of the molecule is CN(CC(=O)NC1CC1)C(=O)CN1CCC(CC(=O)O)C1. The number of hydrogen-bond acceptors (Lipinski definition) is 4.